The van der Waals surface area contributed by atoms with Crippen LogP contribution in [-0.2, 0) is 13.0 Å². The number of hydrogen-bond acceptors (Lipinski definition) is 3. The molecule has 1 atom stereocenters. The molecule has 0 saturated heterocycles. The van der Waals surface area contributed by atoms with Gasteiger partial charge >= 0.3 is 5.97 Å². The molecule has 0 amide bonds. The van der Waals surface area contributed by atoms with Crippen LogP contribution < -0.4 is 5.73 Å². The predicted molar refractivity (Wildman–Crippen MR) is 57.3 cm³/mol. The van der Waals surface area contributed by atoms with Crippen molar-refractivity contribution in [3.63, 3.8) is 0 Å². The summed E-state index contributed by atoms with van der Waals surface area (Å²) in [4.78, 5) is 14.7. The lowest BCUT2D eigenvalue weighted by atomic mass is 10.00. The van der Waals surface area contributed by atoms with E-state index in [4.69, 9.17) is 10.8 Å². The van der Waals surface area contributed by atoms with Crippen LogP contribution in [-0.4, -0.2) is 27.2 Å². The van der Waals surface area contributed by atoms with Crippen LogP contribution in [0.4, 0.5) is 0 Å². The fourth-order valence-electron chi connectivity index (χ4n) is 1.81. The number of nitrogens with zero attached hydrogens (tertiary/aromatic N) is 2. The number of aromatic carboxylic acids is 1. The average molecular weight is 232 g/mol. The molecular formula is C9H14ClN3O2. The monoisotopic (exact) mass is 231 g/mol. The lowest BCUT2D eigenvalue weighted by Gasteiger charge is -2.21. The molecule has 6 heteroatoms. The van der Waals surface area contributed by atoms with Crippen molar-refractivity contribution < 1.29 is 9.90 Å². The molecule has 2 heterocycles. The molecule has 1 aromatic heterocycles. The number of aryl methyl sites for hydroxylation is 1. The zero-order chi connectivity index (χ0) is 10.1. The summed E-state index contributed by atoms with van der Waals surface area (Å²) in [5.41, 5.74) is 5.71. The van der Waals surface area contributed by atoms with Crippen molar-refractivity contribution in [3.05, 3.63) is 17.7 Å². The first-order valence-electron chi connectivity index (χ1n) is 4.70. The second-order valence-electron chi connectivity index (χ2n) is 3.64. The highest BCUT2D eigenvalue weighted by atomic mass is 35.5. The highest BCUT2D eigenvalue weighted by molar-refractivity contribution is 5.85. The Morgan fingerprint density at radius 1 is 1.73 bits per heavy atom. The van der Waals surface area contributed by atoms with Gasteiger partial charge in [0.25, 0.3) is 0 Å². The minimum atomic E-state index is -0.962. The predicted octanol–water partition coefficient (Wildman–Crippen LogP) is 0.524. The van der Waals surface area contributed by atoms with E-state index in [1.54, 1.807) is 6.20 Å². The number of aromatic nitrogens is 2. The van der Waals surface area contributed by atoms with E-state index in [0.717, 1.165) is 25.2 Å². The van der Waals surface area contributed by atoms with E-state index in [1.807, 2.05) is 4.57 Å². The van der Waals surface area contributed by atoms with Gasteiger partial charge in [0.1, 0.15) is 5.82 Å². The van der Waals surface area contributed by atoms with Gasteiger partial charge in [-0.2, -0.15) is 0 Å². The van der Waals surface area contributed by atoms with Gasteiger partial charge in [-0.05, 0) is 18.9 Å². The number of hydrogen-bond donors (Lipinski definition) is 2. The highest BCUT2D eigenvalue weighted by Crippen LogP contribution is 2.19. The van der Waals surface area contributed by atoms with Gasteiger partial charge < -0.3 is 15.4 Å². The third-order valence-electron chi connectivity index (χ3n) is 2.64. The van der Waals surface area contributed by atoms with Crippen molar-refractivity contribution in [2.45, 2.75) is 19.4 Å². The van der Waals surface area contributed by atoms with Gasteiger partial charge in [0, 0.05) is 19.2 Å². The number of halogens is 1. The Labute approximate surface area is 93.7 Å². The van der Waals surface area contributed by atoms with E-state index in [9.17, 15) is 4.79 Å². The highest BCUT2D eigenvalue weighted by Gasteiger charge is 2.20. The summed E-state index contributed by atoms with van der Waals surface area (Å²) in [6.07, 6.45) is 3.43. The van der Waals surface area contributed by atoms with E-state index >= 15 is 0 Å². The van der Waals surface area contributed by atoms with Gasteiger partial charge in [-0.1, -0.05) is 0 Å². The van der Waals surface area contributed by atoms with Crippen LogP contribution in [0.1, 0.15) is 22.7 Å². The van der Waals surface area contributed by atoms with E-state index in [-0.39, 0.29) is 18.1 Å². The van der Waals surface area contributed by atoms with Gasteiger partial charge in [0.05, 0.1) is 0 Å². The Morgan fingerprint density at radius 3 is 3.07 bits per heavy atom. The topological polar surface area (TPSA) is 81.1 Å². The van der Waals surface area contributed by atoms with Crippen LogP contribution in [0.3, 0.4) is 0 Å². The lowest BCUT2D eigenvalue weighted by Crippen LogP contribution is -2.25. The molecule has 0 radical (unpaired) electrons. The van der Waals surface area contributed by atoms with Gasteiger partial charge in [-0.15, -0.1) is 12.4 Å². The molecule has 0 spiro atoms. The first-order chi connectivity index (χ1) is 6.70. The third-order valence-corrected chi connectivity index (χ3v) is 2.64. The molecule has 2 rings (SSSR count). The zero-order valence-electron chi connectivity index (χ0n) is 8.22. The molecule has 0 fully saturated rings. The number of rotatable bonds is 2. The lowest BCUT2D eigenvalue weighted by molar-refractivity contribution is 0.0691. The molecule has 84 valence electrons. The summed E-state index contributed by atoms with van der Waals surface area (Å²) in [5, 5.41) is 8.76. The normalized spacial score (nSPS) is 19.1. The first-order valence-corrected chi connectivity index (χ1v) is 4.70. The molecule has 1 aliphatic rings. The second-order valence-corrected chi connectivity index (χ2v) is 3.64. The maximum Gasteiger partial charge on any atom is 0.356 e. The van der Waals surface area contributed by atoms with Gasteiger partial charge in [-0.25, -0.2) is 9.78 Å². The molecule has 0 aliphatic carbocycles. The van der Waals surface area contributed by atoms with Crippen molar-refractivity contribution in [1.82, 2.24) is 9.55 Å². The van der Waals surface area contributed by atoms with Crippen LogP contribution in [0.5, 0.6) is 0 Å². The summed E-state index contributed by atoms with van der Waals surface area (Å²) in [5.74, 6) is 0.363. The largest absolute Gasteiger partial charge is 0.476 e. The fourth-order valence-corrected chi connectivity index (χ4v) is 1.81. The number of carboxylic acids is 1. The molecular weight excluding hydrogens is 218 g/mol. The Kier molecular flexibility index (Phi) is 3.71. The van der Waals surface area contributed by atoms with Crippen molar-refractivity contribution >= 4 is 18.4 Å². The maximum absolute atomic E-state index is 10.7. The minimum absolute atomic E-state index is 0. The summed E-state index contributed by atoms with van der Waals surface area (Å²) in [7, 11) is 0. The molecule has 1 unspecified atom stereocenters. The van der Waals surface area contributed by atoms with Crippen LogP contribution in [0.25, 0.3) is 0 Å². The summed E-state index contributed by atoms with van der Waals surface area (Å²) < 4.78 is 1.91. The molecule has 1 aromatic rings. The van der Waals surface area contributed by atoms with Crippen LogP contribution in [0, 0.1) is 5.92 Å². The Hall–Kier alpha value is -1.07. The van der Waals surface area contributed by atoms with Crippen LogP contribution in [0.15, 0.2) is 6.20 Å². The summed E-state index contributed by atoms with van der Waals surface area (Å²) in [6.45, 7) is 1.45. The molecule has 1 aliphatic heterocycles. The Morgan fingerprint density at radius 2 is 2.47 bits per heavy atom. The Balaban J connectivity index is 0.00000112. The number of carboxylic acid groups (broad SMARTS) is 1. The quantitative estimate of drug-likeness (QED) is 0.778. The van der Waals surface area contributed by atoms with E-state index in [2.05, 4.69) is 4.98 Å². The standard InChI is InChI=1S/C9H13N3O2.ClH/c10-3-6-1-2-8-11-7(9(13)14)5-12(8)4-6;/h5-6H,1-4,10H2,(H,13,14);1H. The number of fused-ring (bicyclic) bond motifs is 1. The summed E-state index contributed by atoms with van der Waals surface area (Å²) in [6, 6.07) is 0. The Bertz CT molecular complexity index is 364. The molecule has 5 nitrogen and oxygen atoms in total. The van der Waals surface area contributed by atoms with Gasteiger partial charge in [0.15, 0.2) is 5.69 Å². The average Bonchev–Trinajstić information content (AvgIpc) is 2.59. The first kappa shape index (κ1) is 12.0. The van der Waals surface area contributed by atoms with Crippen molar-refractivity contribution in [3.8, 4) is 0 Å². The van der Waals surface area contributed by atoms with E-state index < -0.39 is 5.97 Å². The van der Waals surface area contributed by atoms with Gasteiger partial charge in [0.2, 0.25) is 0 Å². The number of imidazole rings is 1. The fraction of sp³-hybridized carbons (Fsp3) is 0.556. The van der Waals surface area contributed by atoms with Crippen LogP contribution >= 0.6 is 12.4 Å². The van der Waals surface area contributed by atoms with Crippen molar-refractivity contribution in [2.75, 3.05) is 6.54 Å². The molecule has 15 heavy (non-hydrogen) atoms. The molecule has 3 N–H and O–H groups in total. The number of carbonyl (C=O) groups is 1. The van der Waals surface area contributed by atoms with Crippen molar-refractivity contribution in [1.29, 1.82) is 0 Å². The SMILES string of the molecule is Cl.NCC1CCc2nc(C(=O)O)cn2C1. The second kappa shape index (κ2) is 4.63. The van der Waals surface area contributed by atoms with Crippen molar-refractivity contribution in [2.24, 2.45) is 11.7 Å². The van der Waals surface area contributed by atoms with E-state index in [1.165, 1.54) is 0 Å². The molecule has 0 bridgehead atoms. The number of nitrogens with two attached hydrogens (primary N) is 1. The molecule has 0 aromatic carbocycles. The molecule has 0 saturated carbocycles. The minimum Gasteiger partial charge on any atom is -0.476 e. The summed E-state index contributed by atoms with van der Waals surface area (Å²) >= 11 is 0. The van der Waals surface area contributed by atoms with E-state index in [0.29, 0.717) is 12.5 Å². The smallest absolute Gasteiger partial charge is 0.356 e. The van der Waals surface area contributed by atoms with Gasteiger partial charge in [-0.3, -0.25) is 0 Å². The zero-order valence-corrected chi connectivity index (χ0v) is 9.04. The third kappa shape index (κ3) is 2.30. The van der Waals surface area contributed by atoms with Crippen LogP contribution in [0.2, 0.25) is 0 Å². The maximum atomic E-state index is 10.7.